The van der Waals surface area contributed by atoms with Crippen molar-refractivity contribution in [1.82, 2.24) is 9.97 Å². The van der Waals surface area contributed by atoms with Gasteiger partial charge in [-0.15, -0.1) is 0 Å². The zero-order valence-corrected chi connectivity index (χ0v) is 16.0. The SMILES string of the molecule is COc1cnc(OC(=O)Nc2ccc(F)c(C3(C4CC4)N=C(N)COC3F)c2)cn1. The summed E-state index contributed by atoms with van der Waals surface area (Å²) >= 11 is 0. The third-order valence-corrected chi connectivity index (χ3v) is 4.91. The fourth-order valence-corrected chi connectivity index (χ4v) is 3.42. The van der Waals surface area contributed by atoms with Crippen molar-refractivity contribution in [2.75, 3.05) is 19.0 Å². The van der Waals surface area contributed by atoms with E-state index in [9.17, 15) is 13.6 Å². The summed E-state index contributed by atoms with van der Waals surface area (Å²) in [5.74, 6) is -0.645. The van der Waals surface area contributed by atoms with Gasteiger partial charge in [0.2, 0.25) is 18.1 Å². The Morgan fingerprint density at radius 3 is 2.70 bits per heavy atom. The summed E-state index contributed by atoms with van der Waals surface area (Å²) in [4.78, 5) is 24.2. The van der Waals surface area contributed by atoms with E-state index in [-0.39, 0.29) is 41.4 Å². The minimum Gasteiger partial charge on any atom is -0.480 e. The second-order valence-electron chi connectivity index (χ2n) is 6.94. The zero-order chi connectivity index (χ0) is 21.3. The van der Waals surface area contributed by atoms with E-state index in [1.54, 1.807) is 0 Å². The highest BCUT2D eigenvalue weighted by atomic mass is 19.1. The van der Waals surface area contributed by atoms with Crippen molar-refractivity contribution >= 4 is 17.6 Å². The average molecular weight is 419 g/mol. The molecule has 30 heavy (non-hydrogen) atoms. The Labute approximate surface area is 170 Å². The molecule has 4 rings (SSSR count). The predicted molar refractivity (Wildman–Crippen MR) is 102 cm³/mol. The molecule has 0 bridgehead atoms. The Kier molecular flexibility index (Phi) is 5.20. The lowest BCUT2D eigenvalue weighted by Crippen LogP contribution is -2.47. The molecule has 2 unspecified atom stereocenters. The van der Waals surface area contributed by atoms with Gasteiger partial charge >= 0.3 is 6.09 Å². The second-order valence-corrected chi connectivity index (χ2v) is 6.94. The van der Waals surface area contributed by atoms with Gasteiger partial charge in [-0.1, -0.05) is 0 Å². The van der Waals surface area contributed by atoms with E-state index in [1.165, 1.54) is 31.6 Å². The smallest absolute Gasteiger partial charge is 0.418 e. The number of carbonyl (C=O) groups excluding carboxylic acids is 1. The number of hydrogen-bond acceptors (Lipinski definition) is 8. The quantitative estimate of drug-likeness (QED) is 0.764. The van der Waals surface area contributed by atoms with Gasteiger partial charge in [0.15, 0.2) is 0 Å². The van der Waals surface area contributed by atoms with Crippen LogP contribution in [0.5, 0.6) is 11.8 Å². The average Bonchev–Trinajstić information content (AvgIpc) is 3.57. The first-order valence-corrected chi connectivity index (χ1v) is 9.17. The van der Waals surface area contributed by atoms with Gasteiger partial charge in [0.1, 0.15) is 23.8 Å². The number of amides is 1. The van der Waals surface area contributed by atoms with Crippen LogP contribution in [0.1, 0.15) is 18.4 Å². The molecule has 1 amide bonds. The molecule has 1 aromatic heterocycles. The van der Waals surface area contributed by atoms with Crippen LogP contribution in [0.3, 0.4) is 0 Å². The van der Waals surface area contributed by atoms with Gasteiger partial charge in [-0.25, -0.2) is 23.5 Å². The molecule has 11 heteroatoms. The molecule has 3 N–H and O–H groups in total. The largest absolute Gasteiger partial charge is 0.480 e. The molecule has 0 saturated heterocycles. The summed E-state index contributed by atoms with van der Waals surface area (Å²) in [6.07, 6.45) is 1.08. The topological polar surface area (TPSA) is 121 Å². The third kappa shape index (κ3) is 3.75. The Balaban J connectivity index is 1.58. The highest BCUT2D eigenvalue weighted by Crippen LogP contribution is 2.53. The third-order valence-electron chi connectivity index (χ3n) is 4.91. The van der Waals surface area contributed by atoms with Crippen LogP contribution in [-0.4, -0.2) is 42.0 Å². The molecule has 1 aliphatic carbocycles. The first-order valence-electron chi connectivity index (χ1n) is 9.17. The van der Waals surface area contributed by atoms with Crippen molar-refractivity contribution in [3.05, 3.63) is 42.0 Å². The molecule has 9 nitrogen and oxygen atoms in total. The molecule has 1 aromatic carbocycles. The number of aromatic nitrogens is 2. The molecule has 0 radical (unpaired) electrons. The van der Waals surface area contributed by atoms with E-state index >= 15 is 0 Å². The van der Waals surface area contributed by atoms with Gasteiger partial charge in [-0.2, -0.15) is 0 Å². The van der Waals surface area contributed by atoms with Crippen LogP contribution < -0.4 is 20.5 Å². The lowest BCUT2D eigenvalue weighted by atomic mass is 9.83. The first-order chi connectivity index (χ1) is 14.4. The first kappa shape index (κ1) is 20.0. The molecule has 2 aliphatic rings. The lowest BCUT2D eigenvalue weighted by Gasteiger charge is -2.37. The number of nitrogens with one attached hydrogen (secondary N) is 1. The van der Waals surface area contributed by atoms with E-state index in [0.717, 1.165) is 6.07 Å². The van der Waals surface area contributed by atoms with Crippen LogP contribution in [0.25, 0.3) is 0 Å². The number of rotatable bonds is 5. The molecule has 1 saturated carbocycles. The maximum atomic E-state index is 14.9. The number of halogens is 2. The van der Waals surface area contributed by atoms with E-state index < -0.39 is 23.8 Å². The Hall–Kier alpha value is -3.34. The van der Waals surface area contributed by atoms with Gasteiger partial charge in [0.25, 0.3) is 0 Å². The molecule has 2 heterocycles. The number of carbonyl (C=O) groups is 1. The van der Waals surface area contributed by atoms with E-state index in [4.69, 9.17) is 19.9 Å². The van der Waals surface area contributed by atoms with Crippen LogP contribution in [0, 0.1) is 11.7 Å². The van der Waals surface area contributed by atoms with Crippen LogP contribution in [0.15, 0.2) is 35.6 Å². The normalized spacial score (nSPS) is 23.4. The van der Waals surface area contributed by atoms with Crippen molar-refractivity contribution in [2.24, 2.45) is 16.6 Å². The molecule has 2 aromatic rings. The summed E-state index contributed by atoms with van der Waals surface area (Å²) in [5.41, 5.74) is 4.33. The number of methoxy groups -OCH3 is 1. The van der Waals surface area contributed by atoms with Crippen molar-refractivity contribution < 1.29 is 27.8 Å². The van der Waals surface area contributed by atoms with Gasteiger partial charge in [-0.05, 0) is 37.0 Å². The summed E-state index contributed by atoms with van der Waals surface area (Å²) in [6.45, 7) is -0.162. The number of anilines is 1. The standard InChI is InChI=1S/C19H19F2N5O4/c1-28-15-7-24-16(8-23-15)30-18(27)25-11-4-5-13(20)12(6-11)19(10-2-3-10)17(21)29-9-14(22)26-19/h4-8,10,17H,2-3,9H2,1H3,(H2,22,26)(H,25,27). The number of alkyl halides is 1. The van der Waals surface area contributed by atoms with Crippen LogP contribution >= 0.6 is 0 Å². The molecule has 2 atom stereocenters. The maximum Gasteiger partial charge on any atom is 0.418 e. The van der Waals surface area contributed by atoms with Crippen molar-refractivity contribution in [1.29, 1.82) is 0 Å². The number of amidine groups is 1. The molecular formula is C19H19F2N5O4. The van der Waals surface area contributed by atoms with Crippen LogP contribution in [0.4, 0.5) is 19.3 Å². The summed E-state index contributed by atoms with van der Waals surface area (Å²) in [7, 11) is 1.43. The Morgan fingerprint density at radius 2 is 2.03 bits per heavy atom. The fraction of sp³-hybridized carbons (Fsp3) is 0.368. The van der Waals surface area contributed by atoms with E-state index in [2.05, 4.69) is 20.3 Å². The van der Waals surface area contributed by atoms with Gasteiger partial charge in [0.05, 0.1) is 19.5 Å². The minimum absolute atomic E-state index is 0.0396. The van der Waals surface area contributed by atoms with Gasteiger partial charge in [0, 0.05) is 11.3 Å². The number of hydrogen-bond donors (Lipinski definition) is 2. The van der Waals surface area contributed by atoms with Crippen molar-refractivity contribution in [3.63, 3.8) is 0 Å². The van der Waals surface area contributed by atoms with Crippen molar-refractivity contribution in [2.45, 2.75) is 24.7 Å². The fourth-order valence-electron chi connectivity index (χ4n) is 3.42. The van der Waals surface area contributed by atoms with Gasteiger partial charge < -0.3 is 19.9 Å². The highest BCUT2D eigenvalue weighted by Gasteiger charge is 2.56. The number of ether oxygens (including phenoxy) is 3. The molecular weight excluding hydrogens is 400 g/mol. The molecule has 158 valence electrons. The van der Waals surface area contributed by atoms with Crippen molar-refractivity contribution in [3.8, 4) is 11.8 Å². The van der Waals surface area contributed by atoms with Crippen LogP contribution in [-0.2, 0) is 10.3 Å². The number of benzene rings is 1. The van der Waals surface area contributed by atoms with E-state index in [0.29, 0.717) is 12.8 Å². The Morgan fingerprint density at radius 1 is 1.30 bits per heavy atom. The molecule has 0 spiro atoms. The van der Waals surface area contributed by atoms with E-state index in [1.807, 2.05) is 0 Å². The van der Waals surface area contributed by atoms with Gasteiger partial charge in [-0.3, -0.25) is 10.3 Å². The number of nitrogens with zero attached hydrogens (tertiary/aromatic N) is 3. The summed E-state index contributed by atoms with van der Waals surface area (Å²) in [5, 5.41) is 2.46. The second kappa shape index (κ2) is 7.82. The number of aliphatic imine (C=N–C) groups is 1. The lowest BCUT2D eigenvalue weighted by molar-refractivity contribution is -0.0940. The molecule has 1 fully saturated rings. The number of nitrogens with two attached hydrogens (primary N) is 1. The zero-order valence-electron chi connectivity index (χ0n) is 16.0. The minimum atomic E-state index is -1.86. The monoisotopic (exact) mass is 419 g/mol. The summed E-state index contributed by atoms with van der Waals surface area (Å²) < 4.78 is 44.6. The highest BCUT2D eigenvalue weighted by molar-refractivity contribution is 5.86. The maximum absolute atomic E-state index is 14.9. The predicted octanol–water partition coefficient (Wildman–Crippen LogP) is 2.52. The van der Waals surface area contributed by atoms with Crippen LogP contribution in [0.2, 0.25) is 0 Å². The summed E-state index contributed by atoms with van der Waals surface area (Å²) in [6, 6.07) is 3.76. The molecule has 1 aliphatic heterocycles. The Bertz CT molecular complexity index is 983.